The lowest BCUT2D eigenvalue weighted by atomic mass is 10.3. The van der Waals surface area contributed by atoms with Crippen LogP contribution in [0.5, 0.6) is 5.75 Å². The van der Waals surface area contributed by atoms with Crippen molar-refractivity contribution >= 4 is 34.5 Å². The topological polar surface area (TPSA) is 51.2 Å². The summed E-state index contributed by atoms with van der Waals surface area (Å²) >= 11 is 7.19. The fourth-order valence-corrected chi connectivity index (χ4v) is 1.97. The molecule has 0 unspecified atom stereocenters. The maximum atomic E-state index is 11.8. The summed E-state index contributed by atoms with van der Waals surface area (Å²) in [5.41, 5.74) is 2.55. The zero-order valence-electron chi connectivity index (χ0n) is 8.94. The number of nitrogens with one attached hydrogen (secondary N) is 1. The summed E-state index contributed by atoms with van der Waals surface area (Å²) in [7, 11) is 1.52. The summed E-state index contributed by atoms with van der Waals surface area (Å²) in [5, 5.41) is 4.94. The number of aromatic nitrogens is 1. The van der Waals surface area contributed by atoms with Gasteiger partial charge >= 0.3 is 0 Å². The zero-order chi connectivity index (χ0) is 12.3. The quantitative estimate of drug-likeness (QED) is 0.931. The largest absolute Gasteiger partial charge is 0.495 e. The lowest BCUT2D eigenvalue weighted by Crippen LogP contribution is -2.12. The van der Waals surface area contributed by atoms with Crippen molar-refractivity contribution in [1.29, 1.82) is 0 Å². The molecular weight excluding hydrogens is 260 g/mol. The summed E-state index contributed by atoms with van der Waals surface area (Å²) in [6.45, 7) is 0. The molecule has 0 atom stereocenters. The SMILES string of the molecule is COc1cc(Cl)ccc1NC(=O)c1cscn1. The van der Waals surface area contributed by atoms with Gasteiger partial charge in [0.15, 0.2) is 0 Å². The second-order valence-electron chi connectivity index (χ2n) is 3.17. The fourth-order valence-electron chi connectivity index (χ4n) is 1.28. The van der Waals surface area contributed by atoms with Crippen molar-refractivity contribution in [2.45, 2.75) is 0 Å². The van der Waals surface area contributed by atoms with Gasteiger partial charge in [0.05, 0.1) is 18.3 Å². The number of benzene rings is 1. The third kappa shape index (κ3) is 2.75. The standard InChI is InChI=1S/C11H9ClN2O2S/c1-16-10-4-7(12)2-3-8(10)14-11(15)9-5-17-6-13-9/h2-6H,1H3,(H,14,15). The van der Waals surface area contributed by atoms with Gasteiger partial charge in [0.1, 0.15) is 11.4 Å². The third-order valence-electron chi connectivity index (χ3n) is 2.08. The summed E-state index contributed by atoms with van der Waals surface area (Å²) in [6, 6.07) is 5.00. The number of rotatable bonds is 3. The molecule has 0 bridgehead atoms. The van der Waals surface area contributed by atoms with E-state index in [4.69, 9.17) is 16.3 Å². The average Bonchev–Trinajstić information content (AvgIpc) is 2.85. The molecule has 0 radical (unpaired) electrons. The van der Waals surface area contributed by atoms with Crippen molar-refractivity contribution < 1.29 is 9.53 Å². The maximum Gasteiger partial charge on any atom is 0.275 e. The molecule has 17 heavy (non-hydrogen) atoms. The molecule has 1 heterocycles. The number of nitrogens with zero attached hydrogens (tertiary/aromatic N) is 1. The molecule has 88 valence electrons. The lowest BCUT2D eigenvalue weighted by Gasteiger charge is -2.09. The van der Waals surface area contributed by atoms with Gasteiger partial charge in [-0.25, -0.2) is 4.98 Å². The van der Waals surface area contributed by atoms with E-state index < -0.39 is 0 Å². The fraction of sp³-hybridized carbons (Fsp3) is 0.0909. The van der Waals surface area contributed by atoms with Crippen molar-refractivity contribution in [2.75, 3.05) is 12.4 Å². The molecule has 1 amide bonds. The molecule has 1 aromatic heterocycles. The number of carbonyl (C=O) groups excluding carboxylic acids is 1. The van der Waals surface area contributed by atoms with E-state index in [1.165, 1.54) is 18.4 Å². The molecule has 0 saturated carbocycles. The minimum Gasteiger partial charge on any atom is -0.495 e. The Hall–Kier alpha value is -1.59. The Morgan fingerprint density at radius 3 is 3.00 bits per heavy atom. The van der Waals surface area contributed by atoms with Crippen LogP contribution < -0.4 is 10.1 Å². The molecule has 1 aromatic carbocycles. The van der Waals surface area contributed by atoms with E-state index in [-0.39, 0.29) is 5.91 Å². The van der Waals surface area contributed by atoms with Crippen LogP contribution >= 0.6 is 22.9 Å². The highest BCUT2D eigenvalue weighted by Crippen LogP contribution is 2.28. The Balaban J connectivity index is 2.21. The Bertz CT molecular complexity index is 528. The van der Waals surface area contributed by atoms with Gasteiger partial charge in [0.2, 0.25) is 0 Å². The van der Waals surface area contributed by atoms with E-state index >= 15 is 0 Å². The Morgan fingerprint density at radius 2 is 2.35 bits per heavy atom. The highest BCUT2D eigenvalue weighted by molar-refractivity contribution is 7.07. The monoisotopic (exact) mass is 268 g/mol. The van der Waals surface area contributed by atoms with Crippen LogP contribution in [0.3, 0.4) is 0 Å². The summed E-state index contributed by atoms with van der Waals surface area (Å²) in [6.07, 6.45) is 0. The molecule has 6 heteroatoms. The van der Waals surface area contributed by atoms with E-state index in [0.717, 1.165) is 0 Å². The van der Waals surface area contributed by atoms with Crippen LogP contribution in [-0.2, 0) is 0 Å². The number of amides is 1. The number of thiazole rings is 1. The summed E-state index contributed by atoms with van der Waals surface area (Å²) in [5.74, 6) is 0.243. The normalized spacial score (nSPS) is 10.0. The van der Waals surface area contributed by atoms with E-state index in [2.05, 4.69) is 10.3 Å². The van der Waals surface area contributed by atoms with Crippen LogP contribution in [0.25, 0.3) is 0 Å². The molecule has 2 rings (SSSR count). The van der Waals surface area contributed by atoms with Crippen molar-refractivity contribution in [3.63, 3.8) is 0 Å². The van der Waals surface area contributed by atoms with Gasteiger partial charge in [-0.2, -0.15) is 0 Å². The molecule has 0 spiro atoms. The summed E-state index contributed by atoms with van der Waals surface area (Å²) < 4.78 is 5.13. The maximum absolute atomic E-state index is 11.8. The van der Waals surface area contributed by atoms with Crippen molar-refractivity contribution in [3.05, 3.63) is 39.8 Å². The first-order valence-electron chi connectivity index (χ1n) is 4.74. The van der Waals surface area contributed by atoms with Gasteiger partial charge < -0.3 is 10.1 Å². The lowest BCUT2D eigenvalue weighted by molar-refractivity contribution is 0.102. The van der Waals surface area contributed by atoms with E-state index in [0.29, 0.717) is 22.2 Å². The van der Waals surface area contributed by atoms with Crippen molar-refractivity contribution in [3.8, 4) is 5.75 Å². The molecule has 0 fully saturated rings. The van der Waals surface area contributed by atoms with Crippen LogP contribution in [0.15, 0.2) is 29.1 Å². The van der Waals surface area contributed by atoms with Gasteiger partial charge in [-0.1, -0.05) is 11.6 Å². The van der Waals surface area contributed by atoms with Gasteiger partial charge in [-0.05, 0) is 12.1 Å². The highest BCUT2D eigenvalue weighted by atomic mass is 35.5. The molecule has 0 aliphatic rings. The van der Waals surface area contributed by atoms with Gasteiger partial charge in [-0.15, -0.1) is 11.3 Å². The van der Waals surface area contributed by atoms with Gasteiger partial charge in [0, 0.05) is 16.5 Å². The number of ether oxygens (including phenoxy) is 1. The smallest absolute Gasteiger partial charge is 0.275 e. The predicted octanol–water partition coefficient (Wildman–Crippen LogP) is 3.06. The van der Waals surface area contributed by atoms with E-state index in [1.54, 1.807) is 29.1 Å². The molecule has 0 saturated heterocycles. The molecule has 1 N–H and O–H groups in total. The van der Waals surface area contributed by atoms with Crippen LogP contribution in [-0.4, -0.2) is 18.0 Å². The highest BCUT2D eigenvalue weighted by Gasteiger charge is 2.11. The molecule has 2 aromatic rings. The summed E-state index contributed by atoms with van der Waals surface area (Å²) in [4.78, 5) is 15.7. The predicted molar refractivity (Wildman–Crippen MR) is 68.1 cm³/mol. The minimum absolute atomic E-state index is 0.271. The molecule has 0 aliphatic heterocycles. The van der Waals surface area contributed by atoms with Crippen molar-refractivity contribution in [1.82, 2.24) is 4.98 Å². The van der Waals surface area contributed by atoms with Gasteiger partial charge in [-0.3, -0.25) is 4.79 Å². The van der Waals surface area contributed by atoms with Crippen LogP contribution in [0.1, 0.15) is 10.5 Å². The average molecular weight is 269 g/mol. The molecular formula is C11H9ClN2O2S. The molecule has 4 nitrogen and oxygen atoms in total. The van der Waals surface area contributed by atoms with E-state index in [1.807, 2.05) is 0 Å². The van der Waals surface area contributed by atoms with Gasteiger partial charge in [0.25, 0.3) is 5.91 Å². The van der Waals surface area contributed by atoms with Crippen LogP contribution in [0.2, 0.25) is 5.02 Å². The second kappa shape index (κ2) is 5.16. The number of carbonyl (C=O) groups is 1. The van der Waals surface area contributed by atoms with Crippen LogP contribution in [0, 0.1) is 0 Å². The number of hydrogen-bond donors (Lipinski definition) is 1. The third-order valence-corrected chi connectivity index (χ3v) is 2.90. The second-order valence-corrected chi connectivity index (χ2v) is 4.33. The Labute approximate surface area is 107 Å². The van der Waals surface area contributed by atoms with Crippen LogP contribution in [0.4, 0.5) is 5.69 Å². The number of halogens is 1. The first-order valence-corrected chi connectivity index (χ1v) is 6.06. The van der Waals surface area contributed by atoms with Crippen molar-refractivity contribution in [2.24, 2.45) is 0 Å². The number of anilines is 1. The first-order chi connectivity index (χ1) is 8.20. The zero-order valence-corrected chi connectivity index (χ0v) is 10.5. The Kier molecular flexibility index (Phi) is 3.61. The number of hydrogen-bond acceptors (Lipinski definition) is 4. The Morgan fingerprint density at radius 1 is 1.53 bits per heavy atom. The first kappa shape index (κ1) is 11.9. The number of methoxy groups -OCH3 is 1. The minimum atomic E-state index is -0.271. The van der Waals surface area contributed by atoms with E-state index in [9.17, 15) is 4.79 Å². The molecule has 0 aliphatic carbocycles.